The first-order valence-electron chi connectivity index (χ1n) is 6.23. The van der Waals surface area contributed by atoms with Crippen molar-refractivity contribution in [1.29, 1.82) is 0 Å². The Balaban J connectivity index is 2.13. The SMILES string of the molecule is CCCNC(CSC(C)CCO)C1CC1. The molecule has 0 radical (unpaired) electrons. The van der Waals surface area contributed by atoms with Crippen molar-refractivity contribution in [3.63, 3.8) is 0 Å². The van der Waals surface area contributed by atoms with E-state index in [1.165, 1.54) is 25.0 Å². The van der Waals surface area contributed by atoms with Gasteiger partial charge in [0, 0.05) is 23.7 Å². The molecule has 90 valence electrons. The molecule has 0 aromatic carbocycles. The summed E-state index contributed by atoms with van der Waals surface area (Å²) in [6, 6.07) is 0.719. The van der Waals surface area contributed by atoms with Crippen molar-refractivity contribution < 1.29 is 5.11 Å². The fourth-order valence-electron chi connectivity index (χ4n) is 1.72. The molecular weight excluding hydrogens is 206 g/mol. The summed E-state index contributed by atoms with van der Waals surface area (Å²) < 4.78 is 0. The molecule has 1 fully saturated rings. The summed E-state index contributed by atoms with van der Waals surface area (Å²) in [5.41, 5.74) is 0. The minimum atomic E-state index is 0.324. The molecule has 0 aromatic heterocycles. The topological polar surface area (TPSA) is 32.3 Å². The maximum Gasteiger partial charge on any atom is 0.0441 e. The Morgan fingerprint density at radius 3 is 2.73 bits per heavy atom. The van der Waals surface area contributed by atoms with Gasteiger partial charge in [-0.15, -0.1) is 0 Å². The van der Waals surface area contributed by atoms with Crippen LogP contribution >= 0.6 is 11.8 Å². The van der Waals surface area contributed by atoms with Gasteiger partial charge in [-0.25, -0.2) is 0 Å². The molecule has 1 aliphatic carbocycles. The summed E-state index contributed by atoms with van der Waals surface area (Å²) >= 11 is 2.01. The lowest BCUT2D eigenvalue weighted by molar-refractivity contribution is 0.289. The van der Waals surface area contributed by atoms with Crippen molar-refractivity contribution in [2.45, 2.75) is 50.8 Å². The van der Waals surface area contributed by atoms with Gasteiger partial charge in [0.25, 0.3) is 0 Å². The maximum atomic E-state index is 8.84. The molecule has 0 amide bonds. The molecule has 1 aliphatic rings. The molecule has 0 spiro atoms. The largest absolute Gasteiger partial charge is 0.396 e. The number of aliphatic hydroxyl groups excluding tert-OH is 1. The van der Waals surface area contributed by atoms with Crippen LogP contribution in [0.5, 0.6) is 0 Å². The molecule has 0 saturated heterocycles. The van der Waals surface area contributed by atoms with Gasteiger partial charge in [-0.2, -0.15) is 11.8 Å². The fraction of sp³-hybridized carbons (Fsp3) is 1.00. The monoisotopic (exact) mass is 231 g/mol. The lowest BCUT2D eigenvalue weighted by Gasteiger charge is -2.19. The molecular formula is C12H25NOS. The molecule has 2 nitrogen and oxygen atoms in total. The van der Waals surface area contributed by atoms with Crippen LogP contribution in [0.4, 0.5) is 0 Å². The van der Waals surface area contributed by atoms with E-state index in [9.17, 15) is 0 Å². The molecule has 15 heavy (non-hydrogen) atoms. The Kier molecular flexibility index (Phi) is 6.69. The second-order valence-corrected chi connectivity index (χ2v) is 6.03. The third-order valence-electron chi connectivity index (χ3n) is 2.94. The van der Waals surface area contributed by atoms with E-state index < -0.39 is 0 Å². The minimum absolute atomic E-state index is 0.324. The summed E-state index contributed by atoms with van der Waals surface area (Å²) in [5, 5.41) is 13.1. The third-order valence-corrected chi connectivity index (χ3v) is 4.30. The van der Waals surface area contributed by atoms with E-state index in [4.69, 9.17) is 5.11 Å². The molecule has 0 aromatic rings. The average Bonchev–Trinajstić information content (AvgIpc) is 3.02. The van der Waals surface area contributed by atoms with Crippen LogP contribution in [-0.2, 0) is 0 Å². The highest BCUT2D eigenvalue weighted by atomic mass is 32.2. The number of rotatable bonds is 9. The molecule has 2 N–H and O–H groups in total. The van der Waals surface area contributed by atoms with Gasteiger partial charge in [-0.05, 0) is 38.1 Å². The lowest BCUT2D eigenvalue weighted by atomic mass is 10.2. The zero-order valence-electron chi connectivity index (χ0n) is 10.0. The van der Waals surface area contributed by atoms with Gasteiger partial charge in [0.15, 0.2) is 0 Å². The third kappa shape index (κ3) is 5.79. The number of aliphatic hydroxyl groups is 1. The summed E-state index contributed by atoms with van der Waals surface area (Å²) in [5.74, 6) is 2.15. The molecule has 0 heterocycles. The highest BCUT2D eigenvalue weighted by molar-refractivity contribution is 7.99. The van der Waals surface area contributed by atoms with E-state index in [1.807, 2.05) is 11.8 Å². The average molecular weight is 231 g/mol. The Labute approximate surface area is 98.2 Å². The summed E-state index contributed by atoms with van der Waals surface area (Å²) in [6.07, 6.45) is 4.97. The molecule has 0 bridgehead atoms. The molecule has 1 rings (SSSR count). The van der Waals surface area contributed by atoms with Crippen molar-refractivity contribution in [3.05, 3.63) is 0 Å². The number of thioether (sulfide) groups is 1. The highest BCUT2D eigenvalue weighted by Gasteiger charge is 2.30. The molecule has 0 aliphatic heterocycles. The van der Waals surface area contributed by atoms with Crippen LogP contribution in [0.1, 0.15) is 39.5 Å². The summed E-state index contributed by atoms with van der Waals surface area (Å²) in [6.45, 7) is 5.91. The molecule has 1 saturated carbocycles. The van der Waals surface area contributed by atoms with Gasteiger partial charge in [0.05, 0.1) is 0 Å². The van der Waals surface area contributed by atoms with Gasteiger partial charge in [0.1, 0.15) is 0 Å². The number of hydrogen-bond donors (Lipinski definition) is 2. The van der Waals surface area contributed by atoms with Crippen LogP contribution in [0.25, 0.3) is 0 Å². The van der Waals surface area contributed by atoms with Crippen molar-refractivity contribution >= 4 is 11.8 Å². The van der Waals surface area contributed by atoms with Gasteiger partial charge in [0.2, 0.25) is 0 Å². The zero-order chi connectivity index (χ0) is 11.1. The number of nitrogens with one attached hydrogen (secondary N) is 1. The van der Waals surface area contributed by atoms with Gasteiger partial charge in [-0.1, -0.05) is 13.8 Å². The maximum absolute atomic E-state index is 8.84. The molecule has 2 unspecified atom stereocenters. The predicted octanol–water partition coefficient (Wildman–Crippen LogP) is 2.27. The highest BCUT2D eigenvalue weighted by Crippen LogP contribution is 2.34. The quantitative estimate of drug-likeness (QED) is 0.638. The van der Waals surface area contributed by atoms with Crippen LogP contribution < -0.4 is 5.32 Å². The first-order chi connectivity index (χ1) is 7.27. The second-order valence-electron chi connectivity index (χ2n) is 4.55. The Morgan fingerprint density at radius 2 is 2.20 bits per heavy atom. The normalized spacial score (nSPS) is 20.2. The van der Waals surface area contributed by atoms with Crippen LogP contribution in [0.15, 0.2) is 0 Å². The van der Waals surface area contributed by atoms with Crippen LogP contribution in [-0.4, -0.2) is 35.3 Å². The minimum Gasteiger partial charge on any atom is -0.396 e. The van der Waals surface area contributed by atoms with Crippen LogP contribution in [0.3, 0.4) is 0 Å². The van der Waals surface area contributed by atoms with E-state index >= 15 is 0 Å². The van der Waals surface area contributed by atoms with Crippen molar-refractivity contribution in [2.24, 2.45) is 5.92 Å². The van der Waals surface area contributed by atoms with Gasteiger partial charge >= 0.3 is 0 Å². The second kappa shape index (κ2) is 7.53. The lowest BCUT2D eigenvalue weighted by Crippen LogP contribution is -2.34. The van der Waals surface area contributed by atoms with Crippen LogP contribution in [0.2, 0.25) is 0 Å². The van der Waals surface area contributed by atoms with E-state index in [0.717, 1.165) is 24.9 Å². The summed E-state index contributed by atoms with van der Waals surface area (Å²) in [7, 11) is 0. The fourth-order valence-corrected chi connectivity index (χ4v) is 2.92. The van der Waals surface area contributed by atoms with Crippen molar-refractivity contribution in [3.8, 4) is 0 Å². The Morgan fingerprint density at radius 1 is 1.47 bits per heavy atom. The smallest absolute Gasteiger partial charge is 0.0441 e. The van der Waals surface area contributed by atoms with E-state index in [2.05, 4.69) is 19.2 Å². The molecule has 3 heteroatoms. The van der Waals surface area contributed by atoms with E-state index in [-0.39, 0.29) is 0 Å². The van der Waals surface area contributed by atoms with E-state index in [1.54, 1.807) is 0 Å². The van der Waals surface area contributed by atoms with E-state index in [0.29, 0.717) is 11.9 Å². The Hall–Kier alpha value is 0.270. The molecule has 2 atom stereocenters. The Bertz CT molecular complexity index is 162. The van der Waals surface area contributed by atoms with Crippen molar-refractivity contribution in [2.75, 3.05) is 18.9 Å². The van der Waals surface area contributed by atoms with Gasteiger partial charge in [-0.3, -0.25) is 0 Å². The summed E-state index contributed by atoms with van der Waals surface area (Å²) in [4.78, 5) is 0. The standard InChI is InChI=1S/C12H25NOS/c1-3-7-13-12(11-4-5-11)9-15-10(2)6-8-14/h10-14H,3-9H2,1-2H3. The first kappa shape index (κ1) is 13.3. The number of hydrogen-bond acceptors (Lipinski definition) is 3. The first-order valence-corrected chi connectivity index (χ1v) is 7.28. The van der Waals surface area contributed by atoms with Crippen LogP contribution in [0, 0.1) is 5.92 Å². The van der Waals surface area contributed by atoms with Gasteiger partial charge < -0.3 is 10.4 Å². The predicted molar refractivity (Wildman–Crippen MR) is 68.4 cm³/mol. The van der Waals surface area contributed by atoms with Crippen molar-refractivity contribution in [1.82, 2.24) is 5.32 Å². The zero-order valence-corrected chi connectivity index (χ0v) is 10.9.